The summed E-state index contributed by atoms with van der Waals surface area (Å²) in [5.41, 5.74) is 0. The van der Waals surface area contributed by atoms with Gasteiger partial charge in [-0.1, -0.05) is 4.40 Å². The van der Waals surface area contributed by atoms with Crippen molar-refractivity contribution >= 4 is 16.1 Å². The largest absolute Gasteiger partial charge is 0.453 e. The molecule has 1 aliphatic rings. The summed E-state index contributed by atoms with van der Waals surface area (Å²) >= 11 is 0. The lowest BCUT2D eigenvalue weighted by Gasteiger charge is -2.23. The maximum atomic E-state index is 11.2. The monoisotopic (exact) mass is 193 g/mol. The highest BCUT2D eigenvalue weighted by Crippen LogP contribution is 2.17. The fourth-order valence-electron chi connectivity index (χ4n) is 0.791. The molecule has 0 saturated heterocycles. The van der Waals surface area contributed by atoms with Crippen LogP contribution in [0.25, 0.3) is 0 Å². The summed E-state index contributed by atoms with van der Waals surface area (Å²) in [5, 5.41) is -0.614. The molecule has 0 amide bonds. The van der Waals surface area contributed by atoms with Crippen molar-refractivity contribution in [3.63, 3.8) is 0 Å². The molecule has 1 rings (SSSR count). The summed E-state index contributed by atoms with van der Waals surface area (Å²) in [7, 11) is -2.12. The molecule has 0 spiro atoms. The van der Waals surface area contributed by atoms with Gasteiger partial charge >= 0.3 is 6.08 Å². The first-order valence-corrected chi connectivity index (χ1v) is 5.02. The summed E-state index contributed by atoms with van der Waals surface area (Å²) in [4.78, 5) is 0. The van der Waals surface area contributed by atoms with E-state index in [1.807, 2.05) is 0 Å². The van der Waals surface area contributed by atoms with Crippen molar-refractivity contribution in [3.8, 4) is 0 Å². The smallest absolute Gasteiger partial charge is 0.399 e. The number of ether oxygens (including phenoxy) is 2. The molecule has 0 aromatic heterocycles. The zero-order chi connectivity index (χ0) is 9.35. The molecule has 12 heavy (non-hydrogen) atoms. The van der Waals surface area contributed by atoms with Crippen molar-refractivity contribution in [2.24, 2.45) is 4.40 Å². The van der Waals surface area contributed by atoms with Crippen LogP contribution in [0.1, 0.15) is 13.8 Å². The van der Waals surface area contributed by atoms with E-state index in [1.54, 1.807) is 13.8 Å². The van der Waals surface area contributed by atoms with Gasteiger partial charge in [-0.3, -0.25) is 0 Å². The highest BCUT2D eigenvalue weighted by atomic mass is 32.2. The van der Waals surface area contributed by atoms with Gasteiger partial charge in [0.05, 0.1) is 7.11 Å². The van der Waals surface area contributed by atoms with Gasteiger partial charge < -0.3 is 9.47 Å². The number of hydrogen-bond donors (Lipinski definition) is 0. The third kappa shape index (κ3) is 1.52. The quantitative estimate of drug-likeness (QED) is 0.548. The van der Waals surface area contributed by atoms with Crippen LogP contribution in [0, 0.1) is 0 Å². The molecule has 0 saturated carbocycles. The number of hydrogen-bond acceptors (Lipinski definition) is 4. The summed E-state index contributed by atoms with van der Waals surface area (Å²) in [6.45, 7) is 3.21. The Hall–Kier alpha value is -0.780. The molecule has 5 nitrogen and oxygen atoms in total. The molecule has 0 bridgehead atoms. The molecule has 1 aliphatic heterocycles. The van der Waals surface area contributed by atoms with Gasteiger partial charge in [0.2, 0.25) is 0 Å². The molecule has 0 aromatic carbocycles. The third-order valence-corrected chi connectivity index (χ3v) is 3.52. The highest BCUT2D eigenvalue weighted by Gasteiger charge is 2.34. The summed E-state index contributed by atoms with van der Waals surface area (Å²) in [5.74, 6) is 0. The number of sulfonamides is 1. The zero-order valence-electron chi connectivity index (χ0n) is 7.14. The molecule has 0 fully saturated rings. The van der Waals surface area contributed by atoms with Crippen molar-refractivity contribution < 1.29 is 17.9 Å². The van der Waals surface area contributed by atoms with Gasteiger partial charge in [-0.25, -0.2) is 8.42 Å². The molecule has 0 radical (unpaired) electrons. The Morgan fingerprint density at radius 3 is 2.50 bits per heavy atom. The van der Waals surface area contributed by atoms with E-state index < -0.39 is 21.4 Å². The lowest BCUT2D eigenvalue weighted by Crippen LogP contribution is -2.37. The van der Waals surface area contributed by atoms with Gasteiger partial charge in [0, 0.05) is 0 Å². The summed E-state index contributed by atoms with van der Waals surface area (Å²) in [6, 6.07) is 0. The molecule has 1 heterocycles. The molecule has 0 unspecified atom stereocenters. The van der Waals surface area contributed by atoms with Crippen molar-refractivity contribution in [3.05, 3.63) is 0 Å². The van der Waals surface area contributed by atoms with E-state index in [-0.39, 0.29) is 6.08 Å². The standard InChI is InChI=1S/C6H11NO4S/c1-4-5(2)12(8,9)7-6(10-3)11-4/h4-5H,1-3H3/t4-,5-/m0/s1. The van der Waals surface area contributed by atoms with E-state index in [2.05, 4.69) is 9.13 Å². The van der Waals surface area contributed by atoms with Crippen LogP contribution < -0.4 is 0 Å². The second-order valence-corrected chi connectivity index (χ2v) is 4.56. The second kappa shape index (κ2) is 2.93. The first-order chi connectivity index (χ1) is 5.47. The maximum absolute atomic E-state index is 11.2. The van der Waals surface area contributed by atoms with Gasteiger partial charge in [-0.05, 0) is 13.8 Å². The van der Waals surface area contributed by atoms with E-state index >= 15 is 0 Å². The Morgan fingerprint density at radius 2 is 2.08 bits per heavy atom. The average molecular weight is 193 g/mol. The van der Waals surface area contributed by atoms with Crippen molar-refractivity contribution in [2.45, 2.75) is 25.2 Å². The highest BCUT2D eigenvalue weighted by molar-refractivity contribution is 7.91. The van der Waals surface area contributed by atoms with Crippen molar-refractivity contribution in [2.75, 3.05) is 7.11 Å². The number of nitrogens with zero attached hydrogens (tertiary/aromatic N) is 1. The van der Waals surface area contributed by atoms with E-state index in [0.717, 1.165) is 0 Å². The van der Waals surface area contributed by atoms with Crippen LogP contribution in [0.3, 0.4) is 0 Å². The molecule has 6 heteroatoms. The first-order valence-electron chi connectivity index (χ1n) is 3.52. The van der Waals surface area contributed by atoms with E-state index in [9.17, 15) is 8.42 Å². The Morgan fingerprint density at radius 1 is 1.50 bits per heavy atom. The minimum absolute atomic E-state index is 0.180. The molecule has 2 atom stereocenters. The molecular weight excluding hydrogens is 182 g/mol. The zero-order valence-corrected chi connectivity index (χ0v) is 7.96. The van der Waals surface area contributed by atoms with Crippen molar-refractivity contribution in [1.82, 2.24) is 0 Å². The maximum Gasteiger partial charge on any atom is 0.399 e. The molecule has 0 N–H and O–H groups in total. The number of methoxy groups -OCH3 is 1. The van der Waals surface area contributed by atoms with Crippen molar-refractivity contribution in [1.29, 1.82) is 0 Å². The topological polar surface area (TPSA) is 65.0 Å². The van der Waals surface area contributed by atoms with E-state index in [0.29, 0.717) is 0 Å². The minimum atomic E-state index is -3.43. The Kier molecular flexibility index (Phi) is 2.27. The second-order valence-electron chi connectivity index (χ2n) is 2.60. The fraction of sp³-hybridized carbons (Fsp3) is 0.833. The summed E-state index contributed by atoms with van der Waals surface area (Å²) < 4.78 is 35.4. The molecule has 0 aliphatic carbocycles. The van der Waals surface area contributed by atoms with Gasteiger partial charge in [-0.15, -0.1) is 0 Å². The Balaban J connectivity index is 3.04. The van der Waals surface area contributed by atoms with E-state index in [4.69, 9.17) is 4.74 Å². The lowest BCUT2D eigenvalue weighted by molar-refractivity contribution is 0.132. The fourth-order valence-corrected chi connectivity index (χ4v) is 1.82. The van der Waals surface area contributed by atoms with Gasteiger partial charge in [0.25, 0.3) is 10.0 Å². The molecular formula is C6H11NO4S. The Labute approximate surface area is 71.4 Å². The molecule has 0 aromatic rings. The van der Waals surface area contributed by atoms with Gasteiger partial charge in [-0.2, -0.15) is 0 Å². The van der Waals surface area contributed by atoms with Crippen LogP contribution in [0.5, 0.6) is 0 Å². The van der Waals surface area contributed by atoms with Gasteiger partial charge in [0.15, 0.2) is 0 Å². The predicted molar refractivity (Wildman–Crippen MR) is 43.4 cm³/mol. The number of rotatable bonds is 0. The minimum Gasteiger partial charge on any atom is -0.453 e. The van der Waals surface area contributed by atoms with Crippen LogP contribution in [0.2, 0.25) is 0 Å². The SMILES string of the molecule is COC1=NS(=O)(=O)[C@@H](C)[C@H](C)O1. The van der Waals surface area contributed by atoms with Gasteiger partial charge in [0.1, 0.15) is 11.4 Å². The Bertz CT molecular complexity index is 295. The first kappa shape index (κ1) is 9.31. The predicted octanol–water partition coefficient (Wildman–Crippen LogP) is 0.126. The lowest BCUT2D eigenvalue weighted by atomic mass is 10.3. The molecule has 70 valence electrons. The third-order valence-electron chi connectivity index (χ3n) is 1.79. The van der Waals surface area contributed by atoms with Crippen LogP contribution >= 0.6 is 0 Å². The van der Waals surface area contributed by atoms with Crippen LogP contribution in [-0.2, 0) is 19.5 Å². The van der Waals surface area contributed by atoms with Crippen LogP contribution in [0.4, 0.5) is 0 Å². The normalized spacial score (nSPS) is 33.4. The average Bonchev–Trinajstić information content (AvgIpc) is 1.99. The summed E-state index contributed by atoms with van der Waals surface area (Å²) in [6.07, 6.45) is -0.594. The van der Waals surface area contributed by atoms with Crippen LogP contribution in [-0.4, -0.2) is 33.0 Å². The van der Waals surface area contributed by atoms with E-state index in [1.165, 1.54) is 7.11 Å². The van der Waals surface area contributed by atoms with Crippen LogP contribution in [0.15, 0.2) is 4.40 Å².